The van der Waals surface area contributed by atoms with Gasteiger partial charge in [-0.2, -0.15) is 0 Å². The van der Waals surface area contributed by atoms with Gasteiger partial charge in [-0.1, -0.05) is 146 Å². The number of ketones is 1. The number of pyridine rings is 1. The van der Waals surface area contributed by atoms with E-state index in [4.69, 9.17) is 5.11 Å². The molecule has 0 aliphatic heterocycles. The second-order valence-electron chi connectivity index (χ2n) is 16.8. The van der Waals surface area contributed by atoms with E-state index >= 15 is 0 Å². The van der Waals surface area contributed by atoms with Crippen molar-refractivity contribution in [3.8, 4) is 22.6 Å². The van der Waals surface area contributed by atoms with Gasteiger partial charge in [0.1, 0.15) is 0 Å². The summed E-state index contributed by atoms with van der Waals surface area (Å²) in [5.41, 5.74) is 9.34. The maximum absolute atomic E-state index is 10.0. The summed E-state index contributed by atoms with van der Waals surface area (Å²) in [6, 6.07) is 79.2. The van der Waals surface area contributed by atoms with Crippen molar-refractivity contribution in [1.82, 2.24) is 14.1 Å². The average Bonchev–Trinajstić information content (AvgIpc) is 3.89. The van der Waals surface area contributed by atoms with Gasteiger partial charge in [0.15, 0.2) is 5.78 Å². The van der Waals surface area contributed by atoms with Crippen molar-refractivity contribution in [2.24, 2.45) is 0 Å². The van der Waals surface area contributed by atoms with Crippen LogP contribution in [0.2, 0.25) is 0 Å². The first-order valence-electron chi connectivity index (χ1n) is 22.5. The fourth-order valence-corrected chi connectivity index (χ4v) is 9.84. The van der Waals surface area contributed by atoms with E-state index in [0.717, 1.165) is 11.3 Å². The number of aromatic nitrogens is 3. The third-order valence-corrected chi connectivity index (χ3v) is 12.5. The minimum Gasteiger partial charge on any atom is -0.512 e. The van der Waals surface area contributed by atoms with E-state index in [1.165, 1.54) is 118 Å². The van der Waals surface area contributed by atoms with Crippen molar-refractivity contribution in [2.75, 3.05) is 0 Å². The maximum atomic E-state index is 10.0. The number of carbonyl (C=O) groups excluding carboxylic acids is 1. The number of aliphatic hydroxyl groups excluding tert-OH is 1. The quantitative estimate of drug-likeness (QED) is 0.0827. The third kappa shape index (κ3) is 7.80. The van der Waals surface area contributed by atoms with Crippen molar-refractivity contribution in [3.63, 3.8) is 0 Å². The number of hydrogen-bond donors (Lipinski definition) is 1. The number of fused-ring (bicyclic) bond motifs is 12. The molecule has 0 aliphatic rings. The predicted molar refractivity (Wildman–Crippen MR) is 281 cm³/mol. The van der Waals surface area contributed by atoms with Crippen LogP contribution in [0, 0.1) is 6.07 Å². The number of nitrogens with zero attached hydrogens (tertiary/aromatic N) is 3. The Morgan fingerprint density at radius 2 is 0.868 bits per heavy atom. The molecule has 0 atom stereocenters. The van der Waals surface area contributed by atoms with Gasteiger partial charge in [0, 0.05) is 64.7 Å². The van der Waals surface area contributed by atoms with E-state index in [1.54, 1.807) is 0 Å². The van der Waals surface area contributed by atoms with Gasteiger partial charge < -0.3 is 19.2 Å². The second kappa shape index (κ2) is 18.6. The number of carbonyl (C=O) groups is 1. The van der Waals surface area contributed by atoms with Crippen LogP contribution in [0.4, 0.5) is 0 Å². The van der Waals surface area contributed by atoms with Crippen LogP contribution in [0.15, 0.2) is 230 Å². The molecule has 1 N–H and O–H groups in total. The molecular weight excluding hydrogens is 1010 g/mol. The molecule has 68 heavy (non-hydrogen) atoms. The first-order chi connectivity index (χ1) is 32.9. The maximum Gasteiger partial charge on any atom is 0.155 e. The molecule has 0 aliphatic carbocycles. The van der Waals surface area contributed by atoms with Crippen LogP contribution in [0.3, 0.4) is 0 Å². The summed E-state index contributed by atoms with van der Waals surface area (Å²) in [7, 11) is 0. The van der Waals surface area contributed by atoms with Gasteiger partial charge in [0.2, 0.25) is 0 Å². The van der Waals surface area contributed by atoms with Gasteiger partial charge in [0.05, 0.1) is 39.2 Å². The molecule has 0 amide bonds. The average molecular weight is 1060 g/mol. The molecule has 0 saturated carbocycles. The molecule has 3 heterocycles. The molecule has 10 aromatic carbocycles. The van der Waals surface area contributed by atoms with Gasteiger partial charge in [-0.25, -0.2) is 0 Å². The van der Waals surface area contributed by atoms with Crippen LogP contribution in [-0.2, 0) is 24.9 Å². The van der Waals surface area contributed by atoms with E-state index in [9.17, 15) is 4.79 Å². The molecular formula is C62H44IrN3O2-. The van der Waals surface area contributed by atoms with E-state index < -0.39 is 0 Å². The van der Waals surface area contributed by atoms with Gasteiger partial charge in [0.25, 0.3) is 0 Å². The van der Waals surface area contributed by atoms with Crippen molar-refractivity contribution in [3.05, 3.63) is 236 Å². The molecule has 0 spiro atoms. The molecule has 0 saturated heterocycles. The van der Waals surface area contributed by atoms with Gasteiger partial charge >= 0.3 is 0 Å². The number of hydrogen-bond acceptors (Lipinski definition) is 3. The number of benzene rings is 10. The van der Waals surface area contributed by atoms with Crippen LogP contribution >= 0.6 is 0 Å². The largest absolute Gasteiger partial charge is 0.512 e. The predicted octanol–water partition coefficient (Wildman–Crippen LogP) is 16.1. The Morgan fingerprint density at radius 1 is 0.471 bits per heavy atom. The molecule has 0 fully saturated rings. The minimum absolute atomic E-state index is 0. The van der Waals surface area contributed by atoms with Crippen LogP contribution in [0.25, 0.3) is 109 Å². The Hall–Kier alpha value is -8.15. The van der Waals surface area contributed by atoms with Crippen LogP contribution in [-0.4, -0.2) is 25.0 Å². The fraction of sp³-hybridized carbons (Fsp3) is 0.0323. The zero-order valence-corrected chi connectivity index (χ0v) is 39.8. The summed E-state index contributed by atoms with van der Waals surface area (Å²) in [6.07, 6.45) is 3.01. The Kier molecular flexibility index (Phi) is 12.0. The number of aliphatic hydroxyl groups is 1. The molecule has 329 valence electrons. The standard InChI is InChI=1S/C42H26N2.C15H10N.C5H8O2.Ir/c1-3-19-34-32(17-1)40(43-36-21-9-5-13-28(36)29-14-6-10-22-37(29)43)25-27-26-41(33-18-2-4-20-35(33)42(27)34)44-38-23-11-7-15-30(38)31-16-8-12-24-39(31)44;1-2-7-13(8-3-1)15-14-9-5-4-6-12(14)10-11-16-15;1-4(6)3-5(2)7;/h1-26H;1-7,9-11H;3,6H,1-2H3;/q;-1;;. The molecule has 5 nitrogen and oxygen atoms in total. The zero-order valence-electron chi connectivity index (χ0n) is 37.4. The number of allylic oxidation sites excluding steroid dienone is 2. The molecule has 0 unspecified atom stereocenters. The van der Waals surface area contributed by atoms with E-state index in [2.05, 4.69) is 190 Å². The monoisotopic (exact) mass is 1060 g/mol. The summed E-state index contributed by atoms with van der Waals surface area (Å²) in [6.45, 7) is 2.85. The minimum atomic E-state index is -0.125. The molecule has 6 heteroatoms. The summed E-state index contributed by atoms with van der Waals surface area (Å²) < 4.78 is 4.92. The van der Waals surface area contributed by atoms with Crippen molar-refractivity contribution < 1.29 is 30.0 Å². The topological polar surface area (TPSA) is 60.0 Å². The number of para-hydroxylation sites is 4. The molecule has 1 radical (unpaired) electrons. The summed E-state index contributed by atoms with van der Waals surface area (Å²) in [5.74, 6) is -0.0625. The summed E-state index contributed by atoms with van der Waals surface area (Å²) in [4.78, 5) is 14.5. The Bertz CT molecular complexity index is 3750. The van der Waals surface area contributed by atoms with E-state index in [1.807, 2.05) is 48.7 Å². The first kappa shape index (κ1) is 43.7. The van der Waals surface area contributed by atoms with Gasteiger partial charge in [-0.05, 0) is 94.3 Å². The first-order valence-corrected chi connectivity index (χ1v) is 22.5. The Labute approximate surface area is 407 Å². The zero-order chi connectivity index (χ0) is 45.4. The summed E-state index contributed by atoms with van der Waals surface area (Å²) >= 11 is 0. The van der Waals surface area contributed by atoms with E-state index in [0.29, 0.717) is 0 Å². The van der Waals surface area contributed by atoms with Crippen molar-refractivity contribution >= 4 is 92.5 Å². The number of rotatable bonds is 4. The normalized spacial score (nSPS) is 11.5. The van der Waals surface area contributed by atoms with Crippen LogP contribution < -0.4 is 0 Å². The SMILES string of the molecule is CC(=O)C=C(C)O.[Ir].[c-]1ccccc1-c1nccc2ccccc12.c1ccc2c(c1)c(-n1c3ccccc3c3ccccc31)cc1cc(-n3c4ccccc4c4ccccc43)c3ccccc3c12. The fourth-order valence-electron chi connectivity index (χ4n) is 9.84. The third-order valence-electron chi connectivity index (χ3n) is 12.5. The summed E-state index contributed by atoms with van der Waals surface area (Å²) in [5, 5.41) is 23.4. The van der Waals surface area contributed by atoms with Gasteiger partial charge in [-0.15, -0.1) is 35.9 Å². The second-order valence-corrected chi connectivity index (χ2v) is 16.8. The van der Waals surface area contributed by atoms with Crippen molar-refractivity contribution in [1.29, 1.82) is 0 Å². The van der Waals surface area contributed by atoms with Crippen LogP contribution in [0.1, 0.15) is 13.8 Å². The van der Waals surface area contributed by atoms with E-state index in [-0.39, 0.29) is 31.6 Å². The van der Waals surface area contributed by atoms with Gasteiger partial charge in [-0.3, -0.25) is 4.79 Å². The Morgan fingerprint density at radius 3 is 1.28 bits per heavy atom. The van der Waals surface area contributed by atoms with Crippen molar-refractivity contribution in [2.45, 2.75) is 13.8 Å². The smallest absolute Gasteiger partial charge is 0.155 e. The molecule has 0 bridgehead atoms. The molecule has 13 rings (SSSR count). The molecule has 3 aromatic heterocycles. The van der Waals surface area contributed by atoms with Crippen LogP contribution in [0.5, 0.6) is 0 Å². The molecule has 13 aromatic rings. The Balaban J connectivity index is 0.000000186.